The van der Waals surface area contributed by atoms with Crippen molar-refractivity contribution < 1.29 is 14.6 Å². The van der Waals surface area contributed by atoms with Gasteiger partial charge in [0.05, 0.1) is 17.0 Å². The first kappa shape index (κ1) is 16.6. The second-order valence-corrected chi connectivity index (χ2v) is 6.62. The summed E-state index contributed by atoms with van der Waals surface area (Å²) in [5.41, 5.74) is 0.980. The van der Waals surface area contributed by atoms with Crippen LogP contribution >= 0.6 is 15.9 Å². The van der Waals surface area contributed by atoms with Crippen molar-refractivity contribution in [3.05, 3.63) is 64.1 Å². The number of hydrogen-bond acceptors (Lipinski definition) is 2. The van der Waals surface area contributed by atoms with Crippen LogP contribution in [-0.4, -0.2) is 18.2 Å². The monoisotopic (exact) mass is 362 g/mol. The number of rotatable bonds is 5. The van der Waals surface area contributed by atoms with Crippen LogP contribution in [0.5, 0.6) is 5.75 Å². The van der Waals surface area contributed by atoms with E-state index >= 15 is 0 Å². The minimum absolute atomic E-state index is 0.256. The van der Waals surface area contributed by atoms with Crippen molar-refractivity contribution in [2.24, 2.45) is 5.41 Å². The van der Waals surface area contributed by atoms with Crippen LogP contribution in [0.2, 0.25) is 0 Å². The largest absolute Gasteiger partial charge is 0.496 e. The molecule has 0 amide bonds. The zero-order valence-electron chi connectivity index (χ0n) is 12.8. The normalized spacial score (nSPS) is 12.7. The van der Waals surface area contributed by atoms with Gasteiger partial charge in [0.25, 0.3) is 0 Å². The Bertz CT molecular complexity index is 665. The Hall–Kier alpha value is -1.81. The number of hydrogen-bond donors (Lipinski definition) is 1. The van der Waals surface area contributed by atoms with E-state index in [0.29, 0.717) is 0 Å². The summed E-state index contributed by atoms with van der Waals surface area (Å²) in [4.78, 5) is 11.8. The van der Waals surface area contributed by atoms with E-state index < -0.39 is 11.4 Å². The summed E-state index contributed by atoms with van der Waals surface area (Å²) in [7, 11) is 1.61. The Morgan fingerprint density at radius 1 is 1.14 bits per heavy atom. The molecule has 0 fully saturated rings. The summed E-state index contributed by atoms with van der Waals surface area (Å²) in [6, 6.07) is 15.4. The average molecular weight is 363 g/mol. The molecular weight excluding hydrogens is 344 g/mol. The maximum atomic E-state index is 11.8. The molecule has 2 aromatic carbocycles. The molecule has 0 radical (unpaired) electrons. The summed E-state index contributed by atoms with van der Waals surface area (Å²) in [5.74, 6) is -0.356. The fourth-order valence-corrected chi connectivity index (χ4v) is 3.22. The number of halogens is 1. The highest BCUT2D eigenvalue weighted by Crippen LogP contribution is 2.42. The van der Waals surface area contributed by atoms with E-state index in [-0.39, 0.29) is 5.92 Å². The van der Waals surface area contributed by atoms with Crippen molar-refractivity contribution in [3.63, 3.8) is 0 Å². The molecule has 0 aliphatic heterocycles. The Morgan fingerprint density at radius 2 is 1.77 bits per heavy atom. The number of ether oxygens (including phenoxy) is 1. The third kappa shape index (κ3) is 3.17. The summed E-state index contributed by atoms with van der Waals surface area (Å²) in [5, 5.41) is 9.67. The third-order valence-corrected chi connectivity index (χ3v) is 4.53. The molecule has 0 heterocycles. The van der Waals surface area contributed by atoms with Crippen molar-refractivity contribution in [2.75, 3.05) is 7.11 Å². The van der Waals surface area contributed by atoms with Gasteiger partial charge in [-0.25, -0.2) is 0 Å². The summed E-state index contributed by atoms with van der Waals surface area (Å²) in [6.45, 7) is 3.51. The van der Waals surface area contributed by atoms with Gasteiger partial charge in [0.1, 0.15) is 5.75 Å². The zero-order chi connectivity index (χ0) is 16.3. The van der Waals surface area contributed by atoms with Gasteiger partial charge in [-0.15, -0.1) is 0 Å². The fraction of sp³-hybridized carbons (Fsp3) is 0.278. The second-order valence-electron chi connectivity index (χ2n) is 5.76. The van der Waals surface area contributed by atoms with Crippen LogP contribution in [0.1, 0.15) is 30.9 Å². The van der Waals surface area contributed by atoms with Crippen LogP contribution in [0.25, 0.3) is 0 Å². The number of carboxylic acids is 1. The van der Waals surface area contributed by atoms with Crippen LogP contribution < -0.4 is 4.74 Å². The van der Waals surface area contributed by atoms with Crippen molar-refractivity contribution in [2.45, 2.75) is 19.8 Å². The van der Waals surface area contributed by atoms with Gasteiger partial charge in [-0.1, -0.05) is 36.4 Å². The van der Waals surface area contributed by atoms with E-state index in [9.17, 15) is 9.90 Å². The molecule has 0 saturated heterocycles. The van der Waals surface area contributed by atoms with E-state index in [1.165, 1.54) is 0 Å². The molecule has 4 heteroatoms. The van der Waals surface area contributed by atoms with Crippen molar-refractivity contribution >= 4 is 21.9 Å². The topological polar surface area (TPSA) is 46.5 Å². The first-order valence-electron chi connectivity index (χ1n) is 6.99. The van der Waals surface area contributed by atoms with Gasteiger partial charge >= 0.3 is 5.97 Å². The maximum absolute atomic E-state index is 11.8. The van der Waals surface area contributed by atoms with Gasteiger partial charge in [-0.3, -0.25) is 4.79 Å². The average Bonchev–Trinajstić information content (AvgIpc) is 2.48. The summed E-state index contributed by atoms with van der Waals surface area (Å²) < 4.78 is 6.07. The van der Waals surface area contributed by atoms with Gasteiger partial charge < -0.3 is 9.84 Å². The molecule has 2 rings (SSSR count). The highest BCUT2D eigenvalue weighted by atomic mass is 79.9. The Kier molecular flexibility index (Phi) is 4.91. The van der Waals surface area contributed by atoms with Gasteiger partial charge in [-0.2, -0.15) is 0 Å². The number of methoxy groups -OCH3 is 1. The van der Waals surface area contributed by atoms with Gasteiger partial charge in [-0.05, 0) is 53.0 Å². The molecule has 0 aromatic heterocycles. The fourth-order valence-electron chi connectivity index (χ4n) is 2.66. The quantitative estimate of drug-likeness (QED) is 0.838. The minimum atomic E-state index is -0.935. The Morgan fingerprint density at radius 3 is 2.27 bits per heavy atom. The molecule has 22 heavy (non-hydrogen) atoms. The Balaban J connectivity index is 2.59. The number of benzene rings is 2. The van der Waals surface area contributed by atoms with E-state index in [1.54, 1.807) is 21.0 Å². The number of carbonyl (C=O) groups is 1. The van der Waals surface area contributed by atoms with Crippen LogP contribution in [0.15, 0.2) is 53.0 Å². The number of carboxylic acid groups (broad SMARTS) is 1. The molecule has 2 aromatic rings. The molecule has 116 valence electrons. The molecule has 0 aliphatic rings. The first-order valence-corrected chi connectivity index (χ1v) is 7.79. The van der Waals surface area contributed by atoms with Crippen molar-refractivity contribution in [1.82, 2.24) is 0 Å². The Labute approximate surface area is 139 Å². The van der Waals surface area contributed by atoms with E-state index in [1.807, 2.05) is 48.5 Å². The highest BCUT2D eigenvalue weighted by Gasteiger charge is 2.39. The van der Waals surface area contributed by atoms with Crippen molar-refractivity contribution in [3.8, 4) is 5.75 Å². The summed E-state index contributed by atoms with van der Waals surface area (Å²) >= 11 is 3.48. The van der Waals surface area contributed by atoms with Crippen LogP contribution in [0, 0.1) is 5.41 Å². The molecule has 0 aliphatic carbocycles. The SMILES string of the molecule is COc1ccc([C@@H](c2ccccc2)C(C)(C)C(=O)O)cc1Br. The van der Waals surface area contributed by atoms with Crippen molar-refractivity contribution in [1.29, 1.82) is 0 Å². The molecule has 0 bridgehead atoms. The first-order chi connectivity index (χ1) is 10.4. The standard InChI is InChI=1S/C18H19BrO3/c1-18(2,17(20)21)16(12-7-5-4-6-8-12)13-9-10-15(22-3)14(19)11-13/h4-11,16H,1-3H3,(H,20,21)/t16-/m1/s1. The minimum Gasteiger partial charge on any atom is -0.496 e. The molecule has 0 spiro atoms. The smallest absolute Gasteiger partial charge is 0.310 e. The molecular formula is C18H19BrO3. The molecule has 0 saturated carbocycles. The van der Waals surface area contributed by atoms with E-state index in [4.69, 9.17) is 4.74 Å². The lowest BCUT2D eigenvalue weighted by Crippen LogP contribution is -2.32. The highest BCUT2D eigenvalue weighted by molar-refractivity contribution is 9.10. The maximum Gasteiger partial charge on any atom is 0.310 e. The summed E-state index contributed by atoms with van der Waals surface area (Å²) in [6.07, 6.45) is 0. The third-order valence-electron chi connectivity index (χ3n) is 3.91. The predicted octanol–water partition coefficient (Wildman–Crippen LogP) is 4.70. The van der Waals surface area contributed by atoms with Crippen LogP contribution in [0.4, 0.5) is 0 Å². The van der Waals surface area contributed by atoms with Gasteiger partial charge in [0, 0.05) is 5.92 Å². The van der Waals surface area contributed by atoms with E-state index in [0.717, 1.165) is 21.3 Å². The lowest BCUT2D eigenvalue weighted by molar-refractivity contribution is -0.147. The van der Waals surface area contributed by atoms with Crippen LogP contribution in [-0.2, 0) is 4.79 Å². The van der Waals surface area contributed by atoms with Crippen LogP contribution in [0.3, 0.4) is 0 Å². The van der Waals surface area contributed by atoms with Gasteiger partial charge in [0.2, 0.25) is 0 Å². The second kappa shape index (κ2) is 6.53. The zero-order valence-corrected chi connectivity index (χ0v) is 14.4. The molecule has 0 unspecified atom stereocenters. The van der Waals surface area contributed by atoms with Gasteiger partial charge in [0.15, 0.2) is 0 Å². The number of aliphatic carboxylic acids is 1. The lowest BCUT2D eigenvalue weighted by Gasteiger charge is -2.31. The molecule has 1 atom stereocenters. The predicted molar refractivity (Wildman–Crippen MR) is 90.4 cm³/mol. The van der Waals surface area contributed by atoms with E-state index in [2.05, 4.69) is 15.9 Å². The molecule has 1 N–H and O–H groups in total. The lowest BCUT2D eigenvalue weighted by atomic mass is 9.71. The molecule has 3 nitrogen and oxygen atoms in total.